The highest BCUT2D eigenvalue weighted by atomic mass is 32.2. The number of thiophene rings is 1. The number of para-hydroxylation sites is 2. The van der Waals surface area contributed by atoms with Crippen LogP contribution < -0.4 is 10.9 Å². The van der Waals surface area contributed by atoms with Crippen molar-refractivity contribution in [2.75, 3.05) is 11.1 Å². The largest absolute Gasteiger partial charge is 0.325 e. The quantitative estimate of drug-likeness (QED) is 0.280. The van der Waals surface area contributed by atoms with Crippen LogP contribution in [0.15, 0.2) is 64.5 Å². The van der Waals surface area contributed by atoms with E-state index in [1.165, 1.54) is 16.6 Å². The number of nitrogens with one attached hydrogen (secondary N) is 1. The predicted octanol–water partition coefficient (Wildman–Crippen LogP) is 5.75. The van der Waals surface area contributed by atoms with Crippen LogP contribution >= 0.6 is 23.1 Å². The van der Waals surface area contributed by atoms with Crippen LogP contribution in [0.2, 0.25) is 0 Å². The van der Waals surface area contributed by atoms with Gasteiger partial charge in [-0.3, -0.25) is 14.2 Å². The number of hydrogen-bond acceptors (Lipinski definition) is 5. The van der Waals surface area contributed by atoms with Gasteiger partial charge in [-0.15, -0.1) is 11.3 Å². The van der Waals surface area contributed by atoms with E-state index in [2.05, 4.69) is 12.2 Å². The van der Waals surface area contributed by atoms with Crippen molar-refractivity contribution >= 4 is 44.9 Å². The number of aryl methyl sites for hydroxylation is 3. The van der Waals surface area contributed by atoms with Gasteiger partial charge in [0.05, 0.1) is 16.8 Å². The summed E-state index contributed by atoms with van der Waals surface area (Å²) in [6, 6.07) is 17.2. The topological polar surface area (TPSA) is 64.0 Å². The van der Waals surface area contributed by atoms with Gasteiger partial charge >= 0.3 is 0 Å². The van der Waals surface area contributed by atoms with Crippen molar-refractivity contribution in [2.24, 2.45) is 0 Å². The lowest BCUT2D eigenvalue weighted by molar-refractivity contribution is -0.113. The zero-order valence-corrected chi connectivity index (χ0v) is 20.0. The van der Waals surface area contributed by atoms with Crippen LogP contribution in [0.1, 0.15) is 29.3 Å². The Labute approximate surface area is 195 Å². The van der Waals surface area contributed by atoms with Gasteiger partial charge in [-0.25, -0.2) is 4.98 Å². The van der Waals surface area contributed by atoms with Crippen molar-refractivity contribution in [1.29, 1.82) is 0 Å². The molecule has 0 atom stereocenters. The number of thioether (sulfide) groups is 1. The molecule has 0 bridgehead atoms. The lowest BCUT2D eigenvalue weighted by Crippen LogP contribution is -2.23. The summed E-state index contributed by atoms with van der Waals surface area (Å²) < 4.78 is 1.63. The van der Waals surface area contributed by atoms with Crippen molar-refractivity contribution in [3.05, 3.63) is 81.0 Å². The summed E-state index contributed by atoms with van der Waals surface area (Å²) in [4.78, 5) is 33.0. The molecule has 0 radical (unpaired) electrons. The SMILES string of the molecule is CCCc1sc2nc(SCC(=O)Nc3ccccc3C)n(-c3ccccc3)c(=O)c2c1C. The van der Waals surface area contributed by atoms with Gasteiger partial charge in [0.25, 0.3) is 5.56 Å². The van der Waals surface area contributed by atoms with Crippen molar-refractivity contribution in [3.63, 3.8) is 0 Å². The first-order valence-corrected chi connectivity index (χ1v) is 12.4. The summed E-state index contributed by atoms with van der Waals surface area (Å²) in [5.74, 6) is 0.0259. The molecule has 7 heteroatoms. The Kier molecular flexibility index (Phi) is 6.77. The molecule has 2 aromatic heterocycles. The van der Waals surface area contributed by atoms with E-state index in [1.807, 2.05) is 68.4 Å². The number of fused-ring (bicyclic) bond motifs is 1. The standard InChI is InChI=1S/C25H25N3O2S2/c1-4-10-20-17(3)22-23(32-20)27-25(28(24(22)30)18-12-6-5-7-13-18)31-15-21(29)26-19-14-9-8-11-16(19)2/h5-9,11-14H,4,10,15H2,1-3H3,(H,26,29). The minimum absolute atomic E-state index is 0.0842. The molecule has 4 rings (SSSR count). The van der Waals surface area contributed by atoms with Crippen LogP contribution in [0, 0.1) is 13.8 Å². The van der Waals surface area contributed by atoms with Crippen molar-refractivity contribution in [3.8, 4) is 5.69 Å². The number of anilines is 1. The fourth-order valence-corrected chi connectivity index (χ4v) is 5.74. The van der Waals surface area contributed by atoms with Gasteiger partial charge in [-0.2, -0.15) is 0 Å². The smallest absolute Gasteiger partial charge is 0.267 e. The Morgan fingerprint density at radius 3 is 2.53 bits per heavy atom. The second-order valence-corrected chi connectivity index (χ2v) is 9.63. The van der Waals surface area contributed by atoms with E-state index in [0.717, 1.165) is 40.2 Å². The highest BCUT2D eigenvalue weighted by Gasteiger charge is 2.19. The minimum atomic E-state index is -0.132. The van der Waals surface area contributed by atoms with E-state index in [0.29, 0.717) is 10.5 Å². The summed E-state index contributed by atoms with van der Waals surface area (Å²) >= 11 is 2.86. The van der Waals surface area contributed by atoms with Crippen LogP contribution in [-0.2, 0) is 11.2 Å². The molecule has 1 N–H and O–H groups in total. The molecule has 2 heterocycles. The average molecular weight is 464 g/mol. The lowest BCUT2D eigenvalue weighted by atomic mass is 10.1. The van der Waals surface area contributed by atoms with Crippen molar-refractivity contribution in [2.45, 2.75) is 38.8 Å². The van der Waals surface area contributed by atoms with E-state index in [1.54, 1.807) is 15.9 Å². The van der Waals surface area contributed by atoms with Gasteiger partial charge in [0.1, 0.15) is 4.83 Å². The highest BCUT2D eigenvalue weighted by molar-refractivity contribution is 7.99. The molecule has 0 aliphatic heterocycles. The zero-order valence-electron chi connectivity index (χ0n) is 18.3. The number of hydrogen-bond donors (Lipinski definition) is 1. The molecular formula is C25H25N3O2S2. The molecule has 0 aliphatic rings. The maximum atomic E-state index is 13.6. The summed E-state index contributed by atoms with van der Waals surface area (Å²) in [6.45, 7) is 6.09. The normalized spacial score (nSPS) is 11.1. The van der Waals surface area contributed by atoms with Gasteiger partial charge in [0.15, 0.2) is 5.16 Å². The third-order valence-electron chi connectivity index (χ3n) is 5.28. The van der Waals surface area contributed by atoms with Gasteiger partial charge < -0.3 is 5.32 Å². The maximum absolute atomic E-state index is 13.6. The average Bonchev–Trinajstić information content (AvgIpc) is 3.10. The highest BCUT2D eigenvalue weighted by Crippen LogP contribution is 2.31. The number of aromatic nitrogens is 2. The second-order valence-electron chi connectivity index (χ2n) is 7.60. The fourth-order valence-electron chi connectivity index (χ4n) is 3.61. The molecule has 0 aliphatic carbocycles. The van der Waals surface area contributed by atoms with Crippen LogP contribution in [-0.4, -0.2) is 21.2 Å². The summed E-state index contributed by atoms with van der Waals surface area (Å²) in [6.07, 6.45) is 1.94. The molecule has 0 fully saturated rings. The van der Waals surface area contributed by atoms with Gasteiger partial charge in [0, 0.05) is 10.6 Å². The van der Waals surface area contributed by atoms with E-state index < -0.39 is 0 Å². The van der Waals surface area contributed by atoms with Crippen LogP contribution in [0.25, 0.3) is 15.9 Å². The van der Waals surface area contributed by atoms with E-state index in [9.17, 15) is 9.59 Å². The number of carbonyl (C=O) groups is 1. The van der Waals surface area contributed by atoms with Gasteiger partial charge in [-0.1, -0.05) is 61.5 Å². The molecule has 0 saturated carbocycles. The molecule has 32 heavy (non-hydrogen) atoms. The van der Waals surface area contributed by atoms with Crippen LogP contribution in [0.4, 0.5) is 5.69 Å². The molecule has 5 nitrogen and oxygen atoms in total. The van der Waals surface area contributed by atoms with Crippen LogP contribution in [0.5, 0.6) is 0 Å². The van der Waals surface area contributed by atoms with Crippen molar-refractivity contribution < 1.29 is 4.79 Å². The van der Waals surface area contributed by atoms with Gasteiger partial charge in [-0.05, 0) is 49.6 Å². The summed E-state index contributed by atoms with van der Waals surface area (Å²) in [5, 5.41) is 4.15. The third-order valence-corrected chi connectivity index (χ3v) is 7.46. The first-order valence-electron chi connectivity index (χ1n) is 10.6. The first-order chi connectivity index (χ1) is 15.5. The van der Waals surface area contributed by atoms with E-state index in [4.69, 9.17) is 4.98 Å². The molecular weight excluding hydrogens is 438 g/mol. The molecule has 0 spiro atoms. The second kappa shape index (κ2) is 9.71. The fraction of sp³-hybridized carbons (Fsp3) is 0.240. The third kappa shape index (κ3) is 4.49. The molecule has 0 saturated heterocycles. The number of amides is 1. The molecule has 1 amide bonds. The summed E-state index contributed by atoms with van der Waals surface area (Å²) in [5.41, 5.74) is 3.47. The van der Waals surface area contributed by atoms with Gasteiger partial charge in [0.2, 0.25) is 5.91 Å². The molecule has 2 aromatic carbocycles. The number of rotatable bonds is 7. The maximum Gasteiger partial charge on any atom is 0.267 e. The Morgan fingerprint density at radius 2 is 1.81 bits per heavy atom. The Morgan fingerprint density at radius 1 is 1.09 bits per heavy atom. The predicted molar refractivity (Wildman–Crippen MR) is 134 cm³/mol. The molecule has 164 valence electrons. The van der Waals surface area contributed by atoms with E-state index >= 15 is 0 Å². The lowest BCUT2D eigenvalue weighted by Gasteiger charge is -2.12. The minimum Gasteiger partial charge on any atom is -0.325 e. The Bertz CT molecular complexity index is 1330. The Balaban J connectivity index is 1.71. The van der Waals surface area contributed by atoms with Crippen LogP contribution in [0.3, 0.4) is 0 Å². The molecule has 4 aromatic rings. The zero-order chi connectivity index (χ0) is 22.7. The Hall–Kier alpha value is -2.90. The molecule has 0 unspecified atom stereocenters. The summed E-state index contributed by atoms with van der Waals surface area (Å²) in [7, 11) is 0. The monoisotopic (exact) mass is 463 g/mol. The van der Waals surface area contributed by atoms with E-state index in [-0.39, 0.29) is 17.2 Å². The van der Waals surface area contributed by atoms with Crippen molar-refractivity contribution in [1.82, 2.24) is 9.55 Å². The number of nitrogens with zero attached hydrogens (tertiary/aromatic N) is 2. The number of carbonyl (C=O) groups excluding carboxylic acids is 1. The number of benzene rings is 2. The first kappa shape index (κ1) is 22.3.